The Hall–Kier alpha value is -3.33. The Kier molecular flexibility index (Phi) is 10.1. The maximum atomic E-state index is 13.6. The average Bonchev–Trinajstić information content (AvgIpc) is 3.51. The van der Waals surface area contributed by atoms with E-state index in [2.05, 4.69) is 42.7 Å². The lowest BCUT2D eigenvalue weighted by atomic mass is 10.1. The smallest absolute Gasteiger partial charge is 0.417 e. The molecule has 1 aromatic carbocycles. The van der Waals surface area contributed by atoms with Crippen molar-refractivity contribution >= 4 is 45.8 Å². The van der Waals surface area contributed by atoms with E-state index in [0.29, 0.717) is 43.7 Å². The van der Waals surface area contributed by atoms with Crippen molar-refractivity contribution in [1.29, 1.82) is 0 Å². The van der Waals surface area contributed by atoms with E-state index >= 15 is 0 Å². The topological polar surface area (TPSA) is 132 Å². The molecule has 10 nitrogen and oxygen atoms in total. The first-order valence-electron chi connectivity index (χ1n) is 12.9. The normalized spacial score (nSPS) is 15.7. The van der Waals surface area contributed by atoms with Gasteiger partial charge in [0.05, 0.1) is 35.1 Å². The predicted octanol–water partition coefficient (Wildman–Crippen LogP) is 4.99. The van der Waals surface area contributed by atoms with Gasteiger partial charge in [0.25, 0.3) is 5.91 Å². The van der Waals surface area contributed by atoms with Crippen molar-refractivity contribution in [2.75, 3.05) is 36.8 Å². The predicted molar refractivity (Wildman–Crippen MR) is 150 cm³/mol. The van der Waals surface area contributed by atoms with Crippen molar-refractivity contribution in [3.63, 3.8) is 0 Å². The molecule has 15 heteroatoms. The molecule has 3 aromatic rings. The van der Waals surface area contributed by atoms with Crippen LogP contribution in [0.5, 0.6) is 0 Å². The van der Waals surface area contributed by atoms with Gasteiger partial charge in [0.2, 0.25) is 0 Å². The number of thiazole rings is 1. The molecule has 0 radical (unpaired) electrons. The van der Waals surface area contributed by atoms with Crippen LogP contribution in [0, 0.1) is 0 Å². The number of nitrogens with zero attached hydrogens (tertiary/aromatic N) is 4. The molecule has 1 atom stereocenters. The van der Waals surface area contributed by atoms with Gasteiger partial charge in [0.15, 0.2) is 5.13 Å². The van der Waals surface area contributed by atoms with E-state index in [9.17, 15) is 22.8 Å². The molecule has 0 aliphatic carbocycles. The molecule has 1 aliphatic heterocycles. The van der Waals surface area contributed by atoms with Crippen LogP contribution in [0.3, 0.4) is 0 Å². The first-order valence-corrected chi connectivity index (χ1v) is 14.1. The minimum atomic E-state index is -4.62. The molecule has 1 saturated heterocycles. The number of anilines is 2. The maximum absolute atomic E-state index is 13.6. The second-order valence-electron chi connectivity index (χ2n) is 9.51. The summed E-state index contributed by atoms with van der Waals surface area (Å²) in [5.41, 5.74) is -0.301. The number of rotatable bonds is 12. The van der Waals surface area contributed by atoms with Gasteiger partial charge < -0.3 is 15.7 Å². The Balaban J connectivity index is 1.47. The molecule has 41 heavy (non-hydrogen) atoms. The first-order chi connectivity index (χ1) is 19.5. The standard InChI is InChI=1S/C26H29ClF3N7O3S/c1-15-3-2-10-37(15)14-20-23(16-4-5-18(27)17(11-16)26(28,29)30)35-25(41-20)36-24(40)19-12-34-21(13-33-19)32-9-8-31-7-6-22(38)39/h4-5,11-13,15,31H,2-3,6-10,14H2,1H3,(H,32,34)(H,38,39)(H,35,36,40)/t15-/m1/s1. The summed E-state index contributed by atoms with van der Waals surface area (Å²) in [5.74, 6) is -1.01. The quantitative estimate of drug-likeness (QED) is 0.209. The molecule has 2 aromatic heterocycles. The summed E-state index contributed by atoms with van der Waals surface area (Å²) in [6.45, 7) is 4.79. The molecular formula is C26H29ClF3N7O3S. The summed E-state index contributed by atoms with van der Waals surface area (Å²) in [5, 5.41) is 17.2. The molecule has 220 valence electrons. The zero-order valence-corrected chi connectivity index (χ0v) is 23.7. The minimum Gasteiger partial charge on any atom is -0.481 e. The number of aromatic nitrogens is 3. The molecule has 1 amide bonds. The molecule has 3 heterocycles. The number of hydrogen-bond acceptors (Lipinski definition) is 9. The number of carbonyl (C=O) groups is 2. The number of carboxylic acids is 1. The number of hydrogen-bond donors (Lipinski definition) is 4. The fourth-order valence-corrected chi connectivity index (χ4v) is 5.57. The summed E-state index contributed by atoms with van der Waals surface area (Å²) in [7, 11) is 0. The van der Waals surface area contributed by atoms with Gasteiger partial charge in [0, 0.05) is 42.7 Å². The Morgan fingerprint density at radius 2 is 2.00 bits per heavy atom. The monoisotopic (exact) mass is 611 g/mol. The van der Waals surface area contributed by atoms with Gasteiger partial charge in [-0.15, -0.1) is 0 Å². The second kappa shape index (κ2) is 13.6. The lowest BCUT2D eigenvalue weighted by Gasteiger charge is -2.20. The first kappa shape index (κ1) is 30.6. The zero-order valence-electron chi connectivity index (χ0n) is 22.1. The van der Waals surface area contributed by atoms with Gasteiger partial charge in [-0.1, -0.05) is 29.0 Å². The molecule has 0 spiro atoms. The molecule has 1 fully saturated rings. The van der Waals surface area contributed by atoms with Crippen LogP contribution in [-0.4, -0.2) is 69.1 Å². The summed E-state index contributed by atoms with van der Waals surface area (Å²) < 4.78 is 40.7. The zero-order chi connectivity index (χ0) is 29.6. The highest BCUT2D eigenvalue weighted by Crippen LogP contribution is 2.40. The van der Waals surface area contributed by atoms with Crippen molar-refractivity contribution in [2.45, 2.75) is 44.9 Å². The van der Waals surface area contributed by atoms with E-state index in [1.807, 2.05) is 0 Å². The average molecular weight is 612 g/mol. The number of carboxylic acid groups (broad SMARTS) is 1. The van der Waals surface area contributed by atoms with E-state index in [0.717, 1.165) is 30.3 Å². The fraction of sp³-hybridized carbons (Fsp3) is 0.423. The highest BCUT2D eigenvalue weighted by atomic mass is 35.5. The van der Waals surface area contributed by atoms with Crippen LogP contribution >= 0.6 is 22.9 Å². The Labute approximate surface area is 243 Å². The van der Waals surface area contributed by atoms with E-state index in [1.54, 1.807) is 0 Å². The summed E-state index contributed by atoms with van der Waals surface area (Å²) in [6.07, 6.45) is 0.153. The number of benzene rings is 1. The SMILES string of the molecule is C[C@@H]1CCCN1Cc1sc(NC(=O)c2cnc(NCCNCCC(=O)O)cn2)nc1-c1ccc(Cl)c(C(F)(F)F)c1. The highest BCUT2D eigenvalue weighted by molar-refractivity contribution is 7.16. The number of likely N-dealkylation sites (tertiary alicyclic amines) is 1. The molecule has 0 bridgehead atoms. The lowest BCUT2D eigenvalue weighted by molar-refractivity contribution is -0.138. The number of halogens is 4. The summed E-state index contributed by atoms with van der Waals surface area (Å²) >= 11 is 7.04. The molecule has 1 aliphatic rings. The molecular weight excluding hydrogens is 583 g/mol. The van der Waals surface area contributed by atoms with Gasteiger partial charge in [-0.05, 0) is 38.4 Å². The van der Waals surface area contributed by atoms with Crippen LogP contribution in [0.1, 0.15) is 47.1 Å². The van der Waals surface area contributed by atoms with E-state index in [4.69, 9.17) is 16.7 Å². The number of nitrogens with one attached hydrogen (secondary N) is 3. The Bertz CT molecular complexity index is 1370. The highest BCUT2D eigenvalue weighted by Gasteiger charge is 2.34. The van der Waals surface area contributed by atoms with Gasteiger partial charge >= 0.3 is 12.1 Å². The van der Waals surface area contributed by atoms with Gasteiger partial charge in [-0.3, -0.25) is 19.8 Å². The van der Waals surface area contributed by atoms with Crippen LogP contribution in [0.2, 0.25) is 5.02 Å². The molecule has 4 rings (SSSR count). The number of alkyl halides is 3. The third-order valence-corrected chi connectivity index (χ3v) is 7.79. The summed E-state index contributed by atoms with van der Waals surface area (Å²) in [4.78, 5) is 39.2. The van der Waals surface area contributed by atoms with Crippen molar-refractivity contribution in [3.05, 3.63) is 51.7 Å². The van der Waals surface area contributed by atoms with Crippen molar-refractivity contribution in [1.82, 2.24) is 25.2 Å². The number of aliphatic carboxylic acids is 1. The minimum absolute atomic E-state index is 0.0252. The van der Waals surface area contributed by atoms with Crippen LogP contribution in [0.25, 0.3) is 11.3 Å². The summed E-state index contributed by atoms with van der Waals surface area (Å²) in [6, 6.07) is 4.01. The Morgan fingerprint density at radius 3 is 2.66 bits per heavy atom. The molecule has 0 unspecified atom stereocenters. The number of carbonyl (C=O) groups excluding carboxylic acids is 1. The van der Waals surface area contributed by atoms with E-state index in [1.165, 1.54) is 35.9 Å². The largest absolute Gasteiger partial charge is 0.481 e. The van der Waals surface area contributed by atoms with E-state index in [-0.39, 0.29) is 22.8 Å². The van der Waals surface area contributed by atoms with Gasteiger partial charge in [-0.2, -0.15) is 13.2 Å². The third kappa shape index (κ3) is 8.35. The van der Waals surface area contributed by atoms with Crippen molar-refractivity contribution in [3.8, 4) is 11.3 Å². The lowest BCUT2D eigenvalue weighted by Crippen LogP contribution is -2.25. The number of amides is 1. The maximum Gasteiger partial charge on any atom is 0.417 e. The van der Waals surface area contributed by atoms with Crippen LogP contribution < -0.4 is 16.0 Å². The van der Waals surface area contributed by atoms with Crippen molar-refractivity contribution < 1.29 is 27.9 Å². The Morgan fingerprint density at radius 1 is 1.20 bits per heavy atom. The van der Waals surface area contributed by atoms with Gasteiger partial charge in [-0.25, -0.2) is 15.0 Å². The third-order valence-electron chi connectivity index (χ3n) is 6.51. The van der Waals surface area contributed by atoms with Crippen LogP contribution in [-0.2, 0) is 17.5 Å². The van der Waals surface area contributed by atoms with Crippen molar-refractivity contribution in [2.24, 2.45) is 0 Å². The second-order valence-corrected chi connectivity index (χ2v) is 11.0. The van der Waals surface area contributed by atoms with Crippen LogP contribution in [0.4, 0.5) is 24.1 Å². The van der Waals surface area contributed by atoms with Gasteiger partial charge in [0.1, 0.15) is 11.5 Å². The fourth-order valence-electron chi connectivity index (χ4n) is 4.34. The molecule has 0 saturated carbocycles. The van der Waals surface area contributed by atoms with E-state index < -0.39 is 28.6 Å². The van der Waals surface area contributed by atoms with Crippen LogP contribution in [0.15, 0.2) is 30.6 Å². The molecule has 4 N–H and O–H groups in total.